The van der Waals surface area contributed by atoms with Crippen LogP contribution >= 0.6 is 15.9 Å². The molecule has 0 unspecified atom stereocenters. The molecule has 0 amide bonds. The SMILES string of the molecule is Cc1ccc(Br)cc1C(=O)OC(C)(C)C. The lowest BCUT2D eigenvalue weighted by Gasteiger charge is -2.20. The normalized spacial score (nSPS) is 11.3. The molecule has 0 aromatic heterocycles. The van der Waals surface area contributed by atoms with Crippen molar-refractivity contribution in [1.29, 1.82) is 0 Å². The van der Waals surface area contributed by atoms with E-state index in [9.17, 15) is 4.79 Å². The zero-order valence-corrected chi connectivity index (χ0v) is 11.0. The number of aryl methyl sites for hydroxylation is 1. The van der Waals surface area contributed by atoms with Gasteiger partial charge in [-0.15, -0.1) is 0 Å². The summed E-state index contributed by atoms with van der Waals surface area (Å²) in [6.45, 7) is 7.47. The van der Waals surface area contributed by atoms with Gasteiger partial charge in [0, 0.05) is 4.47 Å². The number of rotatable bonds is 1. The Morgan fingerprint density at radius 1 is 1.33 bits per heavy atom. The molecule has 82 valence electrons. The first-order chi connectivity index (χ1) is 6.79. The van der Waals surface area contributed by atoms with E-state index in [1.165, 1.54) is 0 Å². The molecule has 0 N–H and O–H groups in total. The van der Waals surface area contributed by atoms with Crippen LogP contribution in [-0.2, 0) is 4.74 Å². The summed E-state index contributed by atoms with van der Waals surface area (Å²) in [5.74, 6) is -0.277. The molecule has 2 nitrogen and oxygen atoms in total. The summed E-state index contributed by atoms with van der Waals surface area (Å²) in [7, 11) is 0. The minimum atomic E-state index is -0.453. The lowest BCUT2D eigenvalue weighted by Crippen LogP contribution is -2.24. The lowest BCUT2D eigenvalue weighted by molar-refractivity contribution is 0.00687. The molecule has 0 fully saturated rings. The molecule has 15 heavy (non-hydrogen) atoms. The van der Waals surface area contributed by atoms with Gasteiger partial charge < -0.3 is 4.74 Å². The first kappa shape index (κ1) is 12.2. The van der Waals surface area contributed by atoms with Gasteiger partial charge in [0.1, 0.15) is 5.60 Å². The van der Waals surface area contributed by atoms with Gasteiger partial charge in [-0.3, -0.25) is 0 Å². The fraction of sp³-hybridized carbons (Fsp3) is 0.417. The summed E-state index contributed by atoms with van der Waals surface area (Å²) in [6.07, 6.45) is 0. The van der Waals surface area contributed by atoms with Crippen molar-refractivity contribution < 1.29 is 9.53 Å². The molecule has 0 saturated carbocycles. The van der Waals surface area contributed by atoms with Crippen molar-refractivity contribution in [3.8, 4) is 0 Å². The second-order valence-electron chi connectivity index (χ2n) is 4.46. The Morgan fingerprint density at radius 2 is 1.93 bits per heavy atom. The van der Waals surface area contributed by atoms with E-state index in [0.717, 1.165) is 10.0 Å². The van der Waals surface area contributed by atoms with Crippen molar-refractivity contribution in [2.45, 2.75) is 33.3 Å². The molecule has 3 heteroatoms. The Kier molecular flexibility index (Phi) is 3.55. The monoisotopic (exact) mass is 270 g/mol. The Labute approximate surface area is 98.8 Å². The first-order valence-electron chi connectivity index (χ1n) is 4.79. The van der Waals surface area contributed by atoms with E-state index < -0.39 is 5.60 Å². The minimum absolute atomic E-state index is 0.277. The van der Waals surface area contributed by atoms with Gasteiger partial charge in [0.15, 0.2) is 0 Å². The molecule has 0 bridgehead atoms. The largest absolute Gasteiger partial charge is 0.456 e. The number of esters is 1. The molecule has 1 rings (SSSR count). The number of hydrogen-bond acceptors (Lipinski definition) is 2. The zero-order chi connectivity index (χ0) is 11.6. The number of hydrogen-bond donors (Lipinski definition) is 0. The number of benzene rings is 1. The molecule has 0 spiro atoms. The van der Waals surface area contributed by atoms with Crippen LogP contribution in [0, 0.1) is 6.92 Å². The molecule has 0 saturated heterocycles. The van der Waals surface area contributed by atoms with Crippen molar-refractivity contribution in [1.82, 2.24) is 0 Å². The summed E-state index contributed by atoms with van der Waals surface area (Å²) in [6, 6.07) is 5.58. The molecule has 1 aromatic rings. The predicted octanol–water partition coefficient (Wildman–Crippen LogP) is 3.71. The first-order valence-corrected chi connectivity index (χ1v) is 5.58. The van der Waals surface area contributed by atoms with Gasteiger partial charge in [-0.05, 0) is 45.4 Å². The van der Waals surface area contributed by atoms with Crippen LogP contribution in [0.5, 0.6) is 0 Å². The second-order valence-corrected chi connectivity index (χ2v) is 5.38. The van der Waals surface area contributed by atoms with E-state index in [2.05, 4.69) is 15.9 Å². The molecular weight excluding hydrogens is 256 g/mol. The minimum Gasteiger partial charge on any atom is -0.456 e. The maximum atomic E-state index is 11.8. The Morgan fingerprint density at radius 3 is 2.47 bits per heavy atom. The average Bonchev–Trinajstić information content (AvgIpc) is 2.06. The van der Waals surface area contributed by atoms with E-state index in [-0.39, 0.29) is 5.97 Å². The number of carbonyl (C=O) groups excluding carboxylic acids is 1. The highest BCUT2D eigenvalue weighted by Gasteiger charge is 2.19. The highest BCUT2D eigenvalue weighted by molar-refractivity contribution is 9.10. The lowest BCUT2D eigenvalue weighted by atomic mass is 10.1. The molecule has 0 atom stereocenters. The van der Waals surface area contributed by atoms with E-state index >= 15 is 0 Å². The van der Waals surface area contributed by atoms with Crippen LogP contribution in [0.4, 0.5) is 0 Å². The van der Waals surface area contributed by atoms with Crippen molar-refractivity contribution >= 4 is 21.9 Å². The van der Waals surface area contributed by atoms with Gasteiger partial charge in [0.05, 0.1) is 5.56 Å². The van der Waals surface area contributed by atoms with E-state index in [1.807, 2.05) is 39.8 Å². The molecule has 0 aliphatic heterocycles. The highest BCUT2D eigenvalue weighted by atomic mass is 79.9. The quantitative estimate of drug-likeness (QED) is 0.728. The Balaban J connectivity index is 2.96. The maximum Gasteiger partial charge on any atom is 0.338 e. The highest BCUT2D eigenvalue weighted by Crippen LogP contribution is 2.19. The van der Waals surface area contributed by atoms with Gasteiger partial charge in [-0.25, -0.2) is 4.79 Å². The predicted molar refractivity (Wildman–Crippen MR) is 64.0 cm³/mol. The summed E-state index contributed by atoms with van der Waals surface area (Å²) in [4.78, 5) is 11.8. The van der Waals surface area contributed by atoms with Crippen LogP contribution in [0.15, 0.2) is 22.7 Å². The topological polar surface area (TPSA) is 26.3 Å². The van der Waals surface area contributed by atoms with E-state index in [0.29, 0.717) is 5.56 Å². The molecule has 0 radical (unpaired) electrons. The maximum absolute atomic E-state index is 11.8. The summed E-state index contributed by atoms with van der Waals surface area (Å²) in [5.41, 5.74) is 1.08. The van der Waals surface area contributed by atoms with E-state index in [1.54, 1.807) is 6.07 Å². The Hall–Kier alpha value is -0.830. The fourth-order valence-electron chi connectivity index (χ4n) is 1.15. The molecule has 0 aliphatic carbocycles. The van der Waals surface area contributed by atoms with Crippen LogP contribution in [0.3, 0.4) is 0 Å². The van der Waals surface area contributed by atoms with Gasteiger partial charge >= 0.3 is 5.97 Å². The van der Waals surface area contributed by atoms with Crippen LogP contribution in [0.2, 0.25) is 0 Å². The molecular formula is C12H15BrO2. The third-order valence-electron chi connectivity index (χ3n) is 1.82. The third kappa shape index (κ3) is 3.67. The summed E-state index contributed by atoms with van der Waals surface area (Å²) in [5, 5.41) is 0. The summed E-state index contributed by atoms with van der Waals surface area (Å²) < 4.78 is 6.18. The van der Waals surface area contributed by atoms with Gasteiger partial charge in [-0.1, -0.05) is 22.0 Å². The van der Waals surface area contributed by atoms with Crippen LogP contribution in [-0.4, -0.2) is 11.6 Å². The number of ether oxygens (including phenoxy) is 1. The average molecular weight is 271 g/mol. The van der Waals surface area contributed by atoms with Gasteiger partial charge in [0.2, 0.25) is 0 Å². The number of halogens is 1. The fourth-order valence-corrected chi connectivity index (χ4v) is 1.51. The van der Waals surface area contributed by atoms with Crippen LogP contribution in [0.25, 0.3) is 0 Å². The molecule has 1 aromatic carbocycles. The van der Waals surface area contributed by atoms with Crippen molar-refractivity contribution in [2.75, 3.05) is 0 Å². The Bertz CT molecular complexity index is 378. The smallest absolute Gasteiger partial charge is 0.338 e. The molecule has 0 aliphatic rings. The van der Waals surface area contributed by atoms with Crippen molar-refractivity contribution in [3.05, 3.63) is 33.8 Å². The van der Waals surface area contributed by atoms with E-state index in [4.69, 9.17) is 4.74 Å². The molecule has 0 heterocycles. The standard InChI is InChI=1S/C12H15BrO2/c1-8-5-6-9(13)7-10(8)11(14)15-12(2,3)4/h5-7H,1-4H3. The number of carbonyl (C=O) groups is 1. The van der Waals surface area contributed by atoms with Gasteiger partial charge in [-0.2, -0.15) is 0 Å². The van der Waals surface area contributed by atoms with Crippen LogP contribution < -0.4 is 0 Å². The van der Waals surface area contributed by atoms with Crippen molar-refractivity contribution in [3.63, 3.8) is 0 Å². The zero-order valence-electron chi connectivity index (χ0n) is 9.43. The second kappa shape index (κ2) is 4.35. The van der Waals surface area contributed by atoms with Gasteiger partial charge in [0.25, 0.3) is 0 Å². The van der Waals surface area contributed by atoms with Crippen LogP contribution in [0.1, 0.15) is 36.7 Å². The van der Waals surface area contributed by atoms with Crippen molar-refractivity contribution in [2.24, 2.45) is 0 Å². The summed E-state index contributed by atoms with van der Waals surface area (Å²) >= 11 is 3.34. The third-order valence-corrected chi connectivity index (χ3v) is 2.31.